The summed E-state index contributed by atoms with van der Waals surface area (Å²) >= 11 is 13.4. The van der Waals surface area contributed by atoms with Gasteiger partial charge in [0.2, 0.25) is 0 Å². The number of aryl methyl sites for hydroxylation is 1. The minimum absolute atomic E-state index is 0.00820. The van der Waals surface area contributed by atoms with Crippen molar-refractivity contribution in [2.24, 2.45) is 0 Å². The van der Waals surface area contributed by atoms with E-state index in [-0.39, 0.29) is 11.3 Å². The average Bonchev–Trinajstić information content (AvgIpc) is 3.37. The zero-order valence-electron chi connectivity index (χ0n) is 18.0. The number of hydrogen-bond donors (Lipinski definition) is 1. The van der Waals surface area contributed by atoms with Crippen LogP contribution in [0.25, 0.3) is 16.0 Å². The molecule has 1 N–H and O–H groups in total. The lowest BCUT2D eigenvalue weighted by Gasteiger charge is -2.23. The van der Waals surface area contributed by atoms with Gasteiger partial charge in [-0.1, -0.05) is 65.7 Å². The number of aromatic nitrogens is 1. The van der Waals surface area contributed by atoms with E-state index in [9.17, 15) is 14.7 Å². The number of nitrogens with zero attached hydrogens (tertiary/aromatic N) is 2. The van der Waals surface area contributed by atoms with Crippen LogP contribution in [0.4, 0.5) is 5.13 Å². The number of fused-ring (bicyclic) bond motifs is 1. The molecule has 8 heteroatoms. The molecule has 2 heterocycles. The Bertz CT molecular complexity index is 1460. The second-order valence-corrected chi connectivity index (χ2v) is 9.76. The van der Waals surface area contributed by atoms with Crippen molar-refractivity contribution in [3.8, 4) is 0 Å². The molecule has 1 unspecified atom stereocenters. The predicted octanol–water partition coefficient (Wildman–Crippen LogP) is 6.79. The molecule has 1 atom stereocenters. The maximum absolute atomic E-state index is 13.3. The second-order valence-electron chi connectivity index (χ2n) is 7.88. The molecule has 1 aromatic heterocycles. The summed E-state index contributed by atoms with van der Waals surface area (Å²) in [4.78, 5) is 32.5. The fraction of sp³-hybridized carbons (Fsp3) is 0.115. The summed E-state index contributed by atoms with van der Waals surface area (Å²) in [6.07, 6.45) is 0.851. The van der Waals surface area contributed by atoms with Gasteiger partial charge in [0.05, 0.1) is 21.8 Å². The van der Waals surface area contributed by atoms with E-state index in [4.69, 9.17) is 23.2 Å². The quantitative estimate of drug-likeness (QED) is 0.187. The molecular formula is C26H18Cl2N2O3S. The van der Waals surface area contributed by atoms with Crippen molar-refractivity contribution in [3.05, 3.63) is 99.0 Å². The van der Waals surface area contributed by atoms with E-state index in [0.717, 1.165) is 16.7 Å². The van der Waals surface area contributed by atoms with Crippen molar-refractivity contribution in [2.75, 3.05) is 4.90 Å². The highest BCUT2D eigenvalue weighted by atomic mass is 35.5. The molecule has 0 aliphatic carbocycles. The van der Waals surface area contributed by atoms with Crippen molar-refractivity contribution in [1.29, 1.82) is 0 Å². The minimum atomic E-state index is -0.836. The van der Waals surface area contributed by atoms with Gasteiger partial charge >= 0.3 is 5.91 Å². The van der Waals surface area contributed by atoms with E-state index in [1.54, 1.807) is 42.5 Å². The Morgan fingerprint density at radius 1 is 1.00 bits per heavy atom. The fourth-order valence-electron chi connectivity index (χ4n) is 4.03. The number of aliphatic hydroxyl groups excluding tert-OH is 1. The molecule has 3 aromatic carbocycles. The fourth-order valence-corrected chi connectivity index (χ4v) is 5.43. The van der Waals surface area contributed by atoms with Gasteiger partial charge in [0.25, 0.3) is 5.78 Å². The van der Waals surface area contributed by atoms with Crippen LogP contribution in [-0.4, -0.2) is 21.8 Å². The van der Waals surface area contributed by atoms with E-state index in [0.29, 0.717) is 31.8 Å². The zero-order chi connectivity index (χ0) is 24.0. The van der Waals surface area contributed by atoms with Gasteiger partial charge in [0.1, 0.15) is 5.76 Å². The van der Waals surface area contributed by atoms with Gasteiger partial charge in [-0.15, -0.1) is 0 Å². The number of hydrogen-bond acceptors (Lipinski definition) is 5. The standard InChI is InChI=1S/C26H18Cl2N2O3S/c1-2-14-3-5-15(6-4-14)22-21(23(31)16-7-9-17(27)10-8-16)24(32)25(33)30(22)26-29-19-12-11-18(28)13-20(19)34-26/h3-13,22,31H,2H2,1H3/b23-21+. The molecule has 34 heavy (non-hydrogen) atoms. The molecule has 0 radical (unpaired) electrons. The van der Waals surface area contributed by atoms with Crippen molar-refractivity contribution in [2.45, 2.75) is 19.4 Å². The summed E-state index contributed by atoms with van der Waals surface area (Å²) in [5, 5.41) is 12.6. The molecule has 5 rings (SSSR count). The molecule has 4 aromatic rings. The lowest BCUT2D eigenvalue weighted by atomic mass is 9.94. The van der Waals surface area contributed by atoms with Gasteiger partial charge in [0.15, 0.2) is 5.13 Å². The van der Waals surface area contributed by atoms with Gasteiger partial charge in [-0.3, -0.25) is 14.5 Å². The molecule has 5 nitrogen and oxygen atoms in total. The van der Waals surface area contributed by atoms with Gasteiger partial charge in [0, 0.05) is 15.6 Å². The van der Waals surface area contributed by atoms with Crippen LogP contribution in [0.5, 0.6) is 0 Å². The summed E-state index contributed by atoms with van der Waals surface area (Å²) in [7, 11) is 0. The molecule has 1 saturated heterocycles. The van der Waals surface area contributed by atoms with Crippen molar-refractivity contribution >= 4 is 67.3 Å². The third-order valence-corrected chi connectivity index (χ3v) is 7.32. The number of rotatable bonds is 4. The Morgan fingerprint density at radius 2 is 1.68 bits per heavy atom. The Kier molecular flexibility index (Phi) is 5.90. The van der Waals surface area contributed by atoms with Crippen molar-refractivity contribution < 1.29 is 14.7 Å². The lowest BCUT2D eigenvalue weighted by molar-refractivity contribution is -0.132. The molecule has 1 aliphatic heterocycles. The van der Waals surface area contributed by atoms with Crippen LogP contribution in [0.3, 0.4) is 0 Å². The highest BCUT2D eigenvalue weighted by Gasteiger charge is 2.48. The summed E-state index contributed by atoms with van der Waals surface area (Å²) in [5.41, 5.74) is 2.89. The van der Waals surface area contributed by atoms with E-state index in [1.807, 2.05) is 31.2 Å². The SMILES string of the molecule is CCc1ccc(C2/C(=C(\O)c3ccc(Cl)cc3)C(=O)C(=O)N2c2nc3ccc(Cl)cc3s2)cc1. The third-order valence-electron chi connectivity index (χ3n) is 5.81. The molecular weight excluding hydrogens is 491 g/mol. The maximum atomic E-state index is 13.3. The molecule has 0 bridgehead atoms. The molecule has 1 aliphatic rings. The number of amides is 1. The molecule has 0 saturated carbocycles. The molecule has 1 fully saturated rings. The first-order chi connectivity index (χ1) is 16.4. The van der Waals surface area contributed by atoms with Crippen LogP contribution in [0.2, 0.25) is 10.0 Å². The summed E-state index contributed by atoms with van der Waals surface area (Å²) in [6, 6.07) is 18.6. The Hall–Kier alpha value is -3.19. The van der Waals surface area contributed by atoms with Crippen LogP contribution in [0, 0.1) is 0 Å². The first-order valence-corrected chi connectivity index (χ1v) is 12.2. The lowest BCUT2D eigenvalue weighted by Crippen LogP contribution is -2.29. The smallest absolute Gasteiger partial charge is 0.301 e. The number of carbonyl (C=O) groups is 2. The first-order valence-electron chi connectivity index (χ1n) is 10.6. The Labute approximate surface area is 209 Å². The number of Topliss-reactive ketones (excluding diaryl/α,β-unsaturated/α-hetero) is 1. The highest BCUT2D eigenvalue weighted by Crippen LogP contribution is 2.44. The number of anilines is 1. The summed E-state index contributed by atoms with van der Waals surface area (Å²) in [6.45, 7) is 2.05. The maximum Gasteiger partial charge on any atom is 0.301 e. The summed E-state index contributed by atoms with van der Waals surface area (Å²) < 4.78 is 0.794. The van der Waals surface area contributed by atoms with Gasteiger partial charge < -0.3 is 5.11 Å². The monoisotopic (exact) mass is 508 g/mol. The Balaban J connectivity index is 1.72. The first kappa shape index (κ1) is 22.6. The van der Waals surface area contributed by atoms with Crippen LogP contribution in [0.1, 0.15) is 29.7 Å². The Morgan fingerprint density at radius 3 is 2.35 bits per heavy atom. The third kappa shape index (κ3) is 3.88. The van der Waals surface area contributed by atoms with E-state index in [2.05, 4.69) is 4.98 Å². The number of thiazole rings is 1. The number of ketones is 1. The molecule has 170 valence electrons. The predicted molar refractivity (Wildman–Crippen MR) is 137 cm³/mol. The second kappa shape index (κ2) is 8.87. The normalized spacial score (nSPS) is 17.6. The van der Waals surface area contributed by atoms with E-state index in [1.165, 1.54) is 16.2 Å². The zero-order valence-corrected chi connectivity index (χ0v) is 20.3. The van der Waals surface area contributed by atoms with Crippen molar-refractivity contribution in [1.82, 2.24) is 4.98 Å². The number of carbonyl (C=O) groups excluding carboxylic acids is 2. The van der Waals surface area contributed by atoms with Crippen LogP contribution in [0.15, 0.2) is 72.3 Å². The van der Waals surface area contributed by atoms with Crippen LogP contribution in [-0.2, 0) is 16.0 Å². The number of halogens is 2. The topological polar surface area (TPSA) is 70.5 Å². The highest BCUT2D eigenvalue weighted by molar-refractivity contribution is 7.22. The summed E-state index contributed by atoms with van der Waals surface area (Å²) in [5.74, 6) is -1.77. The number of benzene rings is 3. The minimum Gasteiger partial charge on any atom is -0.507 e. The van der Waals surface area contributed by atoms with Crippen LogP contribution >= 0.6 is 34.5 Å². The number of aliphatic hydroxyl groups is 1. The van der Waals surface area contributed by atoms with E-state index >= 15 is 0 Å². The molecule has 0 spiro atoms. The largest absolute Gasteiger partial charge is 0.507 e. The molecule has 1 amide bonds. The van der Waals surface area contributed by atoms with Gasteiger partial charge in [-0.2, -0.15) is 0 Å². The van der Waals surface area contributed by atoms with Gasteiger partial charge in [-0.05, 0) is 60.0 Å². The van der Waals surface area contributed by atoms with Crippen molar-refractivity contribution in [3.63, 3.8) is 0 Å². The van der Waals surface area contributed by atoms with Crippen LogP contribution < -0.4 is 4.90 Å². The average molecular weight is 509 g/mol. The van der Waals surface area contributed by atoms with Gasteiger partial charge in [-0.25, -0.2) is 4.98 Å². The van der Waals surface area contributed by atoms with E-state index < -0.39 is 17.7 Å².